The van der Waals surface area contributed by atoms with Crippen molar-refractivity contribution in [2.24, 2.45) is 5.73 Å². The summed E-state index contributed by atoms with van der Waals surface area (Å²) >= 11 is 0. The van der Waals surface area contributed by atoms with Gasteiger partial charge in [0, 0.05) is 32.1 Å². The van der Waals surface area contributed by atoms with Crippen LogP contribution in [0.25, 0.3) is 0 Å². The first-order valence-corrected chi connectivity index (χ1v) is 12.1. The topological polar surface area (TPSA) is 114 Å². The zero-order valence-electron chi connectivity index (χ0n) is 20.6. The maximum atomic E-state index is 12.5. The molecule has 0 saturated heterocycles. The Bertz CT molecular complexity index is 1090. The molecule has 202 valence electrons. The molecule has 11 heteroatoms. The third-order valence-electron chi connectivity index (χ3n) is 5.93. The molecular formula is C26H32F3N3O5. The van der Waals surface area contributed by atoms with E-state index in [0.29, 0.717) is 38.0 Å². The molecule has 0 saturated carbocycles. The lowest BCUT2D eigenvalue weighted by Gasteiger charge is -2.22. The monoisotopic (exact) mass is 523 g/mol. The first-order valence-electron chi connectivity index (χ1n) is 12.1. The van der Waals surface area contributed by atoms with E-state index < -0.39 is 24.7 Å². The van der Waals surface area contributed by atoms with Crippen molar-refractivity contribution in [2.75, 3.05) is 37.7 Å². The molecule has 1 aliphatic heterocycles. The summed E-state index contributed by atoms with van der Waals surface area (Å²) < 4.78 is 47.8. The average molecular weight is 524 g/mol. The van der Waals surface area contributed by atoms with Gasteiger partial charge in [0.1, 0.15) is 6.61 Å². The third-order valence-corrected chi connectivity index (χ3v) is 5.93. The molecule has 2 aromatic rings. The SMILES string of the molecule is CC(Cc1cc2c(c(C(N)=O)c1)N(CCCC(=O)O)CC2)NCCOc1ccccc1OCC(F)(F)F. The van der Waals surface area contributed by atoms with Crippen molar-refractivity contribution in [3.8, 4) is 11.5 Å². The number of para-hydroxylation sites is 2. The van der Waals surface area contributed by atoms with E-state index >= 15 is 0 Å². The molecule has 3 rings (SSSR count). The zero-order valence-corrected chi connectivity index (χ0v) is 20.6. The molecule has 0 radical (unpaired) electrons. The quantitative estimate of drug-likeness (QED) is 0.325. The van der Waals surface area contributed by atoms with Gasteiger partial charge in [-0.1, -0.05) is 18.2 Å². The second kappa shape index (κ2) is 12.7. The summed E-state index contributed by atoms with van der Waals surface area (Å²) in [6.07, 6.45) is -2.51. The number of carboxylic acid groups (broad SMARTS) is 1. The normalized spacial score (nSPS) is 13.8. The third kappa shape index (κ3) is 8.56. The number of carboxylic acids is 1. The van der Waals surface area contributed by atoms with Crippen molar-refractivity contribution in [1.82, 2.24) is 5.32 Å². The summed E-state index contributed by atoms with van der Waals surface area (Å²) in [5, 5.41) is 12.2. The highest BCUT2D eigenvalue weighted by Crippen LogP contribution is 2.34. The van der Waals surface area contributed by atoms with Crippen LogP contribution in [-0.2, 0) is 17.6 Å². The molecule has 1 aliphatic rings. The fourth-order valence-electron chi connectivity index (χ4n) is 4.38. The van der Waals surface area contributed by atoms with E-state index in [-0.39, 0.29) is 30.6 Å². The van der Waals surface area contributed by atoms with Gasteiger partial charge in [0.15, 0.2) is 18.1 Å². The fraction of sp³-hybridized carbons (Fsp3) is 0.462. The number of nitrogens with zero attached hydrogens (tertiary/aromatic N) is 1. The molecule has 0 aliphatic carbocycles. The molecule has 0 aromatic heterocycles. The maximum absolute atomic E-state index is 12.5. The summed E-state index contributed by atoms with van der Waals surface area (Å²) in [6, 6.07) is 10.1. The van der Waals surface area contributed by atoms with Crippen LogP contribution in [0.1, 0.15) is 41.3 Å². The van der Waals surface area contributed by atoms with Crippen LogP contribution in [0.5, 0.6) is 11.5 Å². The molecule has 1 heterocycles. The number of carbonyl (C=O) groups excluding carboxylic acids is 1. The van der Waals surface area contributed by atoms with Gasteiger partial charge in [-0.25, -0.2) is 0 Å². The van der Waals surface area contributed by atoms with Gasteiger partial charge in [-0.05, 0) is 55.5 Å². The second-order valence-corrected chi connectivity index (χ2v) is 9.01. The number of nitrogens with one attached hydrogen (secondary N) is 1. The summed E-state index contributed by atoms with van der Waals surface area (Å²) in [6.45, 7) is 2.50. The van der Waals surface area contributed by atoms with E-state index in [1.165, 1.54) is 6.07 Å². The number of anilines is 1. The number of amides is 1. The highest BCUT2D eigenvalue weighted by Gasteiger charge is 2.29. The lowest BCUT2D eigenvalue weighted by molar-refractivity contribution is -0.153. The Hall–Kier alpha value is -3.47. The minimum atomic E-state index is -4.44. The van der Waals surface area contributed by atoms with Gasteiger partial charge in [-0.15, -0.1) is 0 Å². The molecule has 4 N–H and O–H groups in total. The van der Waals surface area contributed by atoms with Crippen molar-refractivity contribution in [2.45, 2.75) is 44.8 Å². The van der Waals surface area contributed by atoms with Crippen molar-refractivity contribution in [3.63, 3.8) is 0 Å². The molecule has 2 aromatic carbocycles. The van der Waals surface area contributed by atoms with Gasteiger partial charge in [0.2, 0.25) is 0 Å². The Kier molecular flexibility index (Phi) is 9.62. The molecular weight excluding hydrogens is 491 g/mol. The summed E-state index contributed by atoms with van der Waals surface area (Å²) in [4.78, 5) is 25.1. The molecule has 1 unspecified atom stereocenters. The number of halogens is 3. The van der Waals surface area contributed by atoms with E-state index in [1.54, 1.807) is 24.3 Å². The Labute approximate surface area is 213 Å². The van der Waals surface area contributed by atoms with Crippen LogP contribution < -0.4 is 25.4 Å². The molecule has 0 fully saturated rings. The van der Waals surface area contributed by atoms with Crippen LogP contribution in [0.4, 0.5) is 18.9 Å². The van der Waals surface area contributed by atoms with Crippen molar-refractivity contribution < 1.29 is 37.3 Å². The van der Waals surface area contributed by atoms with E-state index in [2.05, 4.69) is 11.4 Å². The predicted molar refractivity (Wildman–Crippen MR) is 132 cm³/mol. The average Bonchev–Trinajstić information content (AvgIpc) is 3.22. The van der Waals surface area contributed by atoms with Gasteiger partial charge in [-0.2, -0.15) is 13.2 Å². The number of ether oxygens (including phenoxy) is 2. The number of benzene rings is 2. The van der Waals surface area contributed by atoms with E-state index in [4.69, 9.17) is 20.3 Å². The van der Waals surface area contributed by atoms with Crippen molar-refractivity contribution in [1.29, 1.82) is 0 Å². The zero-order chi connectivity index (χ0) is 27.0. The van der Waals surface area contributed by atoms with E-state index in [1.807, 2.05) is 11.8 Å². The van der Waals surface area contributed by atoms with E-state index in [0.717, 1.165) is 23.2 Å². The van der Waals surface area contributed by atoms with Crippen molar-refractivity contribution >= 4 is 17.6 Å². The number of primary amides is 1. The standard InChI is InChI=1S/C26H32F3N3O5/c1-17(31-9-12-36-21-5-2-3-6-22(21)37-16-26(27,28)29)13-18-14-19-8-11-32(10-4-7-23(33)34)24(19)20(15-18)25(30)35/h2-3,5-6,14-15,17,31H,4,7-13,16H2,1H3,(H2,30,35)(H,33,34). The lowest BCUT2D eigenvalue weighted by atomic mass is 9.98. The van der Waals surface area contributed by atoms with Crippen LogP contribution in [-0.4, -0.2) is 62.0 Å². The minimum Gasteiger partial charge on any atom is -0.488 e. The molecule has 0 spiro atoms. The van der Waals surface area contributed by atoms with Crippen LogP contribution >= 0.6 is 0 Å². The Morgan fingerprint density at radius 2 is 1.89 bits per heavy atom. The second-order valence-electron chi connectivity index (χ2n) is 9.01. The first kappa shape index (κ1) is 28.1. The number of hydrogen-bond donors (Lipinski definition) is 3. The number of carbonyl (C=O) groups is 2. The van der Waals surface area contributed by atoms with Crippen LogP contribution in [0.3, 0.4) is 0 Å². The Morgan fingerprint density at radius 1 is 1.19 bits per heavy atom. The molecule has 37 heavy (non-hydrogen) atoms. The van der Waals surface area contributed by atoms with Gasteiger partial charge in [0.25, 0.3) is 5.91 Å². The van der Waals surface area contributed by atoms with Gasteiger partial charge in [-0.3, -0.25) is 9.59 Å². The van der Waals surface area contributed by atoms with Crippen LogP contribution in [0.15, 0.2) is 36.4 Å². The minimum absolute atomic E-state index is 0.0205. The molecule has 8 nitrogen and oxygen atoms in total. The number of nitrogens with two attached hydrogens (primary N) is 1. The van der Waals surface area contributed by atoms with Crippen LogP contribution in [0.2, 0.25) is 0 Å². The summed E-state index contributed by atoms with van der Waals surface area (Å²) in [5.41, 5.74) is 8.87. The highest BCUT2D eigenvalue weighted by molar-refractivity contribution is 6.00. The van der Waals surface area contributed by atoms with E-state index in [9.17, 15) is 22.8 Å². The van der Waals surface area contributed by atoms with Crippen LogP contribution in [0, 0.1) is 0 Å². The summed E-state index contributed by atoms with van der Waals surface area (Å²) in [7, 11) is 0. The molecule has 0 bridgehead atoms. The lowest BCUT2D eigenvalue weighted by Crippen LogP contribution is -2.32. The Balaban J connectivity index is 1.53. The van der Waals surface area contributed by atoms with Gasteiger partial charge >= 0.3 is 12.1 Å². The number of rotatable bonds is 14. The number of fused-ring (bicyclic) bond motifs is 1. The van der Waals surface area contributed by atoms with Gasteiger partial charge in [0.05, 0.1) is 11.3 Å². The summed E-state index contributed by atoms with van der Waals surface area (Å²) in [5.74, 6) is -1.11. The van der Waals surface area contributed by atoms with Crippen molar-refractivity contribution in [3.05, 3.63) is 53.1 Å². The Morgan fingerprint density at radius 3 is 2.54 bits per heavy atom. The predicted octanol–water partition coefficient (Wildman–Crippen LogP) is 3.55. The first-order chi connectivity index (χ1) is 17.5. The smallest absolute Gasteiger partial charge is 0.422 e. The highest BCUT2D eigenvalue weighted by atomic mass is 19.4. The maximum Gasteiger partial charge on any atom is 0.422 e. The number of hydrogen-bond acceptors (Lipinski definition) is 6. The number of alkyl halides is 3. The number of aliphatic carboxylic acids is 1. The van der Waals surface area contributed by atoms with Gasteiger partial charge < -0.3 is 30.5 Å². The molecule has 1 atom stereocenters. The largest absolute Gasteiger partial charge is 0.488 e. The molecule has 1 amide bonds. The fourth-order valence-corrected chi connectivity index (χ4v) is 4.38.